The average Bonchev–Trinajstić information content (AvgIpc) is 2.39. The summed E-state index contributed by atoms with van der Waals surface area (Å²) >= 11 is 0. The second-order valence-electron chi connectivity index (χ2n) is 4.05. The highest BCUT2D eigenvalue weighted by Gasteiger charge is 2.06. The summed E-state index contributed by atoms with van der Waals surface area (Å²) in [7, 11) is -3.19. The van der Waals surface area contributed by atoms with Gasteiger partial charge < -0.3 is 0 Å². The summed E-state index contributed by atoms with van der Waals surface area (Å²) in [4.78, 5) is 14.0. The van der Waals surface area contributed by atoms with E-state index in [1.165, 1.54) is 12.3 Å². The summed E-state index contributed by atoms with van der Waals surface area (Å²) in [5.41, 5.74) is 2.23. The van der Waals surface area contributed by atoms with Crippen molar-refractivity contribution >= 4 is 21.6 Å². The average molecular weight is 273 g/mol. The third-order valence-electron chi connectivity index (χ3n) is 2.64. The highest BCUT2D eigenvalue weighted by Crippen LogP contribution is 2.25. The molecule has 0 saturated heterocycles. The number of aliphatic imine (C=N–C) groups is 1. The molecule has 0 atom stereocenters. The molecule has 0 saturated carbocycles. The maximum Gasteiger partial charge on any atom is 0.240 e. The third-order valence-corrected chi connectivity index (χ3v) is 3.77. The normalized spacial score (nSPS) is 10.8. The van der Waals surface area contributed by atoms with Gasteiger partial charge in [-0.1, -0.05) is 24.3 Å². The molecule has 0 fully saturated rings. The number of hydrogen-bond acceptors (Lipinski definition) is 4. The summed E-state index contributed by atoms with van der Waals surface area (Å²) < 4.78 is 22.7. The van der Waals surface area contributed by atoms with Gasteiger partial charge in [-0.15, -0.1) is 0 Å². The molecule has 0 heterocycles. The van der Waals surface area contributed by atoms with Crippen LogP contribution in [0.15, 0.2) is 58.4 Å². The third kappa shape index (κ3) is 3.16. The molecule has 0 radical (unpaired) electrons. The monoisotopic (exact) mass is 273 g/mol. The van der Waals surface area contributed by atoms with Crippen molar-refractivity contribution in [3.8, 4) is 11.1 Å². The number of sulfone groups is 1. The molecule has 2 aromatic carbocycles. The van der Waals surface area contributed by atoms with Crippen molar-refractivity contribution in [1.82, 2.24) is 0 Å². The van der Waals surface area contributed by atoms with Gasteiger partial charge in [0, 0.05) is 6.26 Å². The second-order valence-corrected chi connectivity index (χ2v) is 6.07. The lowest BCUT2D eigenvalue weighted by atomic mass is 10.1. The Labute approximate surface area is 111 Å². The summed E-state index contributed by atoms with van der Waals surface area (Å²) in [6.07, 6.45) is 2.66. The molecule has 0 spiro atoms. The van der Waals surface area contributed by atoms with E-state index in [1.54, 1.807) is 42.5 Å². The van der Waals surface area contributed by atoms with Gasteiger partial charge in [-0.05, 0) is 35.4 Å². The van der Waals surface area contributed by atoms with Gasteiger partial charge in [-0.2, -0.15) is 4.99 Å². The number of hydrogen-bond donors (Lipinski definition) is 0. The molecule has 0 aliphatic heterocycles. The number of benzene rings is 2. The number of carbonyl (C=O) groups excluding carboxylic acids is 1. The van der Waals surface area contributed by atoms with Crippen LogP contribution >= 0.6 is 0 Å². The lowest BCUT2D eigenvalue weighted by Gasteiger charge is -2.04. The Morgan fingerprint density at radius 1 is 1.00 bits per heavy atom. The van der Waals surface area contributed by atoms with Gasteiger partial charge in [0.05, 0.1) is 10.6 Å². The van der Waals surface area contributed by atoms with Crippen LogP contribution in [0.3, 0.4) is 0 Å². The summed E-state index contributed by atoms with van der Waals surface area (Å²) in [5, 5.41) is 0. The van der Waals surface area contributed by atoms with E-state index < -0.39 is 9.84 Å². The van der Waals surface area contributed by atoms with Gasteiger partial charge >= 0.3 is 0 Å². The highest BCUT2D eigenvalue weighted by atomic mass is 32.2. The molecule has 96 valence electrons. The molecule has 2 aromatic rings. The van der Waals surface area contributed by atoms with Crippen LogP contribution in [0.5, 0.6) is 0 Å². The minimum atomic E-state index is -3.19. The van der Waals surface area contributed by atoms with E-state index in [0.717, 1.165) is 11.1 Å². The van der Waals surface area contributed by atoms with E-state index in [2.05, 4.69) is 4.99 Å². The first-order valence-electron chi connectivity index (χ1n) is 5.49. The fraction of sp³-hybridized carbons (Fsp3) is 0.0714. The molecule has 4 nitrogen and oxygen atoms in total. The first-order valence-corrected chi connectivity index (χ1v) is 7.38. The van der Waals surface area contributed by atoms with Gasteiger partial charge in [0.15, 0.2) is 9.84 Å². The van der Waals surface area contributed by atoms with Gasteiger partial charge in [0.25, 0.3) is 0 Å². The predicted molar refractivity (Wildman–Crippen MR) is 72.8 cm³/mol. The largest absolute Gasteiger partial charge is 0.240 e. The van der Waals surface area contributed by atoms with Crippen LogP contribution in [0.2, 0.25) is 0 Å². The van der Waals surface area contributed by atoms with Crippen LogP contribution in [0, 0.1) is 0 Å². The zero-order valence-corrected chi connectivity index (χ0v) is 11.0. The SMILES string of the molecule is CS(=O)(=O)c1ccc(-c2cccc(N=C=O)c2)cc1. The van der Waals surface area contributed by atoms with Gasteiger partial charge in [0.1, 0.15) is 0 Å². The van der Waals surface area contributed by atoms with Crippen molar-refractivity contribution in [2.24, 2.45) is 4.99 Å². The molecule has 5 heteroatoms. The van der Waals surface area contributed by atoms with Gasteiger partial charge in [-0.3, -0.25) is 0 Å². The quantitative estimate of drug-likeness (QED) is 0.638. The Morgan fingerprint density at radius 3 is 2.26 bits per heavy atom. The minimum Gasteiger partial charge on any atom is -0.224 e. The molecule has 0 aromatic heterocycles. The van der Waals surface area contributed by atoms with E-state index in [-0.39, 0.29) is 4.90 Å². The van der Waals surface area contributed by atoms with Crippen molar-refractivity contribution in [1.29, 1.82) is 0 Å². The molecule has 0 amide bonds. The van der Waals surface area contributed by atoms with Crippen molar-refractivity contribution < 1.29 is 13.2 Å². The molecule has 0 N–H and O–H groups in total. The van der Waals surface area contributed by atoms with Crippen LogP contribution in [0.25, 0.3) is 11.1 Å². The van der Waals surface area contributed by atoms with Crippen molar-refractivity contribution in [3.63, 3.8) is 0 Å². The first-order chi connectivity index (χ1) is 9.00. The maximum absolute atomic E-state index is 11.4. The van der Waals surface area contributed by atoms with E-state index in [9.17, 15) is 13.2 Å². The fourth-order valence-electron chi connectivity index (χ4n) is 1.70. The van der Waals surface area contributed by atoms with Gasteiger partial charge in [-0.25, -0.2) is 13.2 Å². The molecule has 0 aliphatic rings. The fourth-order valence-corrected chi connectivity index (χ4v) is 2.33. The van der Waals surface area contributed by atoms with Crippen molar-refractivity contribution in [2.75, 3.05) is 6.26 Å². The molecule has 19 heavy (non-hydrogen) atoms. The summed E-state index contributed by atoms with van der Waals surface area (Å²) in [6.45, 7) is 0. The zero-order valence-electron chi connectivity index (χ0n) is 10.2. The lowest BCUT2D eigenvalue weighted by molar-refractivity contribution is 0.565. The lowest BCUT2D eigenvalue weighted by Crippen LogP contribution is -1.96. The molecular weight excluding hydrogens is 262 g/mol. The Bertz CT molecular complexity index is 743. The Hall–Kier alpha value is -2.23. The minimum absolute atomic E-state index is 0.276. The van der Waals surface area contributed by atoms with E-state index in [0.29, 0.717) is 5.69 Å². The standard InChI is InChI=1S/C14H11NO3S/c1-19(17,18)14-7-5-11(6-8-14)12-3-2-4-13(9-12)15-10-16/h2-9H,1H3. The Balaban J connectivity index is 2.43. The van der Waals surface area contributed by atoms with Crippen LogP contribution < -0.4 is 0 Å². The number of nitrogens with zero attached hydrogens (tertiary/aromatic N) is 1. The topological polar surface area (TPSA) is 63.6 Å². The Kier molecular flexibility index (Phi) is 3.60. The van der Waals surface area contributed by atoms with Crippen LogP contribution in [-0.2, 0) is 14.6 Å². The molecular formula is C14H11NO3S. The summed E-state index contributed by atoms with van der Waals surface area (Å²) in [6, 6.07) is 13.6. The number of isocyanates is 1. The molecule has 0 aliphatic carbocycles. The van der Waals surface area contributed by atoms with Gasteiger partial charge in [0.2, 0.25) is 6.08 Å². The van der Waals surface area contributed by atoms with Crippen LogP contribution in [0.1, 0.15) is 0 Å². The molecule has 0 bridgehead atoms. The highest BCUT2D eigenvalue weighted by molar-refractivity contribution is 7.90. The Morgan fingerprint density at radius 2 is 1.68 bits per heavy atom. The number of rotatable bonds is 3. The first kappa shape index (κ1) is 13.2. The smallest absolute Gasteiger partial charge is 0.224 e. The van der Waals surface area contributed by atoms with Crippen molar-refractivity contribution in [3.05, 3.63) is 48.5 Å². The maximum atomic E-state index is 11.4. The summed E-state index contributed by atoms with van der Waals surface area (Å²) in [5.74, 6) is 0. The van der Waals surface area contributed by atoms with Crippen LogP contribution in [0.4, 0.5) is 5.69 Å². The van der Waals surface area contributed by atoms with E-state index in [4.69, 9.17) is 0 Å². The second kappa shape index (κ2) is 5.18. The van der Waals surface area contributed by atoms with E-state index >= 15 is 0 Å². The predicted octanol–water partition coefficient (Wildman–Crippen LogP) is 2.72. The van der Waals surface area contributed by atoms with Crippen LogP contribution in [-0.4, -0.2) is 20.8 Å². The molecule has 2 rings (SSSR count). The van der Waals surface area contributed by atoms with E-state index in [1.807, 2.05) is 6.07 Å². The molecule has 0 unspecified atom stereocenters. The zero-order chi connectivity index (χ0) is 13.9. The van der Waals surface area contributed by atoms with Crippen molar-refractivity contribution in [2.45, 2.75) is 4.90 Å².